The molecule has 2 heterocycles. The molecular weight excluding hydrogens is 254 g/mol. The van der Waals surface area contributed by atoms with Gasteiger partial charge in [-0.25, -0.2) is 4.68 Å². The molecule has 104 valence electrons. The summed E-state index contributed by atoms with van der Waals surface area (Å²) in [6, 6.07) is 7.80. The second kappa shape index (κ2) is 4.68. The molecule has 2 N–H and O–H groups in total. The highest BCUT2D eigenvalue weighted by molar-refractivity contribution is 5.83. The second-order valence-corrected chi connectivity index (χ2v) is 4.82. The summed E-state index contributed by atoms with van der Waals surface area (Å²) in [5, 5.41) is 16.1. The van der Waals surface area contributed by atoms with Gasteiger partial charge < -0.3 is 14.8 Å². The highest BCUT2D eigenvalue weighted by Crippen LogP contribution is 2.35. The predicted octanol–water partition coefficient (Wildman–Crippen LogP) is 2.30. The molecule has 3 aromatic rings. The van der Waals surface area contributed by atoms with Crippen LogP contribution in [0.2, 0.25) is 0 Å². The van der Waals surface area contributed by atoms with E-state index in [1.807, 2.05) is 37.4 Å². The van der Waals surface area contributed by atoms with Crippen LogP contribution < -0.4 is 4.74 Å². The molecule has 0 saturated heterocycles. The van der Waals surface area contributed by atoms with E-state index >= 15 is 0 Å². The predicted molar refractivity (Wildman–Crippen MR) is 76.9 cm³/mol. The number of fused-ring (bicyclic) bond motifs is 1. The van der Waals surface area contributed by atoms with E-state index in [0.717, 1.165) is 22.2 Å². The minimum absolute atomic E-state index is 0.586. The van der Waals surface area contributed by atoms with E-state index in [4.69, 9.17) is 4.74 Å². The number of aliphatic hydroxyl groups excluding tert-OH is 1. The molecule has 0 bridgehead atoms. The van der Waals surface area contributed by atoms with Crippen LogP contribution in [0, 0.1) is 6.92 Å². The lowest BCUT2D eigenvalue weighted by Crippen LogP contribution is -2.04. The Balaban J connectivity index is 2.18. The van der Waals surface area contributed by atoms with Crippen molar-refractivity contribution in [1.29, 1.82) is 0 Å². The molecule has 0 aliphatic rings. The molecule has 20 heavy (non-hydrogen) atoms. The van der Waals surface area contributed by atoms with Crippen molar-refractivity contribution < 1.29 is 9.84 Å². The molecule has 1 atom stereocenters. The van der Waals surface area contributed by atoms with E-state index in [0.29, 0.717) is 11.4 Å². The maximum Gasteiger partial charge on any atom is 0.217 e. The normalized spacial score (nSPS) is 12.8. The van der Waals surface area contributed by atoms with Gasteiger partial charge in [0.25, 0.3) is 0 Å². The molecule has 5 heteroatoms. The van der Waals surface area contributed by atoms with E-state index in [2.05, 4.69) is 10.1 Å². The molecule has 0 fully saturated rings. The third kappa shape index (κ3) is 1.78. The maximum atomic E-state index is 10.8. The van der Waals surface area contributed by atoms with Crippen molar-refractivity contribution in [3.05, 3.63) is 47.3 Å². The minimum Gasteiger partial charge on any atom is -0.481 e. The lowest BCUT2D eigenvalue weighted by Gasteiger charge is -2.14. The Kier molecular flexibility index (Phi) is 2.99. The first-order valence-electron chi connectivity index (χ1n) is 6.45. The molecular formula is C15H17N3O2. The number of hydrogen-bond acceptors (Lipinski definition) is 3. The first-order chi connectivity index (χ1) is 9.63. The van der Waals surface area contributed by atoms with Gasteiger partial charge in [-0.15, -0.1) is 0 Å². The Labute approximate surface area is 116 Å². The number of nitrogens with zero attached hydrogens (tertiary/aromatic N) is 2. The summed E-state index contributed by atoms with van der Waals surface area (Å²) in [5.41, 5.74) is 3.33. The van der Waals surface area contributed by atoms with E-state index in [1.165, 1.54) is 0 Å². The summed E-state index contributed by atoms with van der Waals surface area (Å²) in [4.78, 5) is 3.15. The van der Waals surface area contributed by atoms with E-state index in [9.17, 15) is 5.11 Å². The van der Waals surface area contributed by atoms with Crippen LogP contribution in [0.15, 0.2) is 30.5 Å². The van der Waals surface area contributed by atoms with Crippen LogP contribution in [0.1, 0.15) is 22.9 Å². The molecule has 1 unspecified atom stereocenters. The van der Waals surface area contributed by atoms with Crippen LogP contribution in [-0.4, -0.2) is 27.0 Å². The summed E-state index contributed by atoms with van der Waals surface area (Å²) in [5.74, 6) is 0.586. The number of H-pyrrole nitrogens is 1. The third-order valence-electron chi connectivity index (χ3n) is 3.60. The number of nitrogens with one attached hydrogen (secondary N) is 1. The van der Waals surface area contributed by atoms with E-state index in [-0.39, 0.29) is 0 Å². The minimum atomic E-state index is -0.766. The van der Waals surface area contributed by atoms with Gasteiger partial charge in [0.05, 0.1) is 18.4 Å². The van der Waals surface area contributed by atoms with Crippen LogP contribution in [0.25, 0.3) is 10.9 Å². The van der Waals surface area contributed by atoms with Gasteiger partial charge in [-0.3, -0.25) is 0 Å². The molecule has 0 aliphatic carbocycles. The quantitative estimate of drug-likeness (QED) is 0.768. The molecule has 5 nitrogen and oxygen atoms in total. The van der Waals surface area contributed by atoms with Gasteiger partial charge >= 0.3 is 0 Å². The van der Waals surface area contributed by atoms with E-state index < -0.39 is 6.10 Å². The fourth-order valence-electron chi connectivity index (χ4n) is 2.71. The number of hydrogen-bond donors (Lipinski definition) is 2. The topological polar surface area (TPSA) is 63.1 Å². The van der Waals surface area contributed by atoms with Crippen molar-refractivity contribution in [1.82, 2.24) is 14.8 Å². The van der Waals surface area contributed by atoms with Gasteiger partial charge in [0.15, 0.2) is 0 Å². The maximum absolute atomic E-state index is 10.8. The summed E-state index contributed by atoms with van der Waals surface area (Å²) < 4.78 is 7.01. The van der Waals surface area contributed by atoms with Gasteiger partial charge in [-0.1, -0.05) is 12.1 Å². The zero-order valence-corrected chi connectivity index (χ0v) is 11.7. The number of aliphatic hydroxyl groups is 1. The smallest absolute Gasteiger partial charge is 0.217 e. The van der Waals surface area contributed by atoms with Gasteiger partial charge in [0.1, 0.15) is 6.10 Å². The first-order valence-corrected chi connectivity index (χ1v) is 6.45. The Hall–Kier alpha value is -2.27. The zero-order chi connectivity index (χ0) is 14.3. The summed E-state index contributed by atoms with van der Waals surface area (Å²) in [7, 11) is 3.39. The molecule has 0 aliphatic heterocycles. The second-order valence-electron chi connectivity index (χ2n) is 4.82. The molecule has 0 spiro atoms. The highest BCUT2D eigenvalue weighted by atomic mass is 16.5. The molecule has 3 rings (SSSR count). The molecule has 0 radical (unpaired) electrons. The zero-order valence-electron chi connectivity index (χ0n) is 11.7. The Morgan fingerprint density at radius 1 is 1.35 bits per heavy atom. The number of rotatable bonds is 3. The number of aryl methyl sites for hydroxylation is 2. The van der Waals surface area contributed by atoms with Crippen molar-refractivity contribution >= 4 is 10.9 Å². The number of aromatic nitrogens is 3. The van der Waals surface area contributed by atoms with Crippen molar-refractivity contribution in [2.24, 2.45) is 7.05 Å². The van der Waals surface area contributed by atoms with E-state index in [1.54, 1.807) is 18.8 Å². The number of benzene rings is 1. The number of methoxy groups -OCH3 is 1. The lowest BCUT2D eigenvalue weighted by molar-refractivity contribution is 0.214. The van der Waals surface area contributed by atoms with Gasteiger partial charge in [-0.2, -0.15) is 5.10 Å². The van der Waals surface area contributed by atoms with Crippen molar-refractivity contribution in [3.8, 4) is 5.88 Å². The number of ether oxygens (including phenoxy) is 1. The lowest BCUT2D eigenvalue weighted by atomic mass is 9.98. The number of aromatic amines is 1. The van der Waals surface area contributed by atoms with Crippen LogP contribution in [0.4, 0.5) is 0 Å². The van der Waals surface area contributed by atoms with Gasteiger partial charge in [0.2, 0.25) is 5.88 Å². The molecule has 1 aromatic carbocycles. The largest absolute Gasteiger partial charge is 0.481 e. The summed E-state index contributed by atoms with van der Waals surface area (Å²) in [6.45, 7) is 1.87. The molecule has 0 amide bonds. The summed E-state index contributed by atoms with van der Waals surface area (Å²) >= 11 is 0. The Morgan fingerprint density at radius 2 is 2.15 bits per heavy atom. The van der Waals surface area contributed by atoms with Crippen LogP contribution in [-0.2, 0) is 7.05 Å². The van der Waals surface area contributed by atoms with Crippen LogP contribution >= 0.6 is 0 Å². The molecule has 2 aromatic heterocycles. The van der Waals surface area contributed by atoms with Crippen LogP contribution in [0.3, 0.4) is 0 Å². The monoisotopic (exact) mass is 271 g/mol. The summed E-state index contributed by atoms with van der Waals surface area (Å²) in [6.07, 6.45) is 1.10. The average molecular weight is 271 g/mol. The van der Waals surface area contributed by atoms with Gasteiger partial charge in [-0.05, 0) is 24.6 Å². The fourth-order valence-corrected chi connectivity index (χ4v) is 2.71. The highest BCUT2D eigenvalue weighted by Gasteiger charge is 2.24. The standard InChI is InChI=1S/C15H17N3O2/c1-9-13(15(20-3)18(2)17-9)14(19)11-5-4-6-12-10(11)7-8-16-12/h4-8,14,16,19H,1-3H3. The van der Waals surface area contributed by atoms with Crippen LogP contribution in [0.5, 0.6) is 5.88 Å². The first kappa shape index (κ1) is 12.7. The molecule has 0 saturated carbocycles. The third-order valence-corrected chi connectivity index (χ3v) is 3.60. The Morgan fingerprint density at radius 3 is 2.90 bits per heavy atom. The Bertz CT molecular complexity index is 758. The fraction of sp³-hybridized carbons (Fsp3) is 0.267. The van der Waals surface area contributed by atoms with Crippen molar-refractivity contribution in [2.45, 2.75) is 13.0 Å². The van der Waals surface area contributed by atoms with Crippen molar-refractivity contribution in [3.63, 3.8) is 0 Å². The van der Waals surface area contributed by atoms with Gasteiger partial charge in [0, 0.05) is 24.1 Å². The SMILES string of the molecule is COc1c(C(O)c2cccc3[nH]ccc23)c(C)nn1C. The van der Waals surface area contributed by atoms with Crippen molar-refractivity contribution in [2.75, 3.05) is 7.11 Å². The average Bonchev–Trinajstić information content (AvgIpc) is 3.01.